The maximum absolute atomic E-state index is 6.20. The van der Waals surface area contributed by atoms with Gasteiger partial charge in [-0.1, -0.05) is 25.3 Å². The van der Waals surface area contributed by atoms with Crippen molar-refractivity contribution in [2.45, 2.75) is 37.5 Å². The summed E-state index contributed by atoms with van der Waals surface area (Å²) in [6.45, 7) is 4.07. The van der Waals surface area contributed by atoms with Gasteiger partial charge in [0.25, 0.3) is 0 Å². The van der Waals surface area contributed by atoms with Gasteiger partial charge in [0.15, 0.2) is 5.96 Å². The van der Waals surface area contributed by atoms with Gasteiger partial charge in [-0.05, 0) is 24.3 Å². The van der Waals surface area contributed by atoms with Crippen LogP contribution < -0.4 is 5.73 Å². The molecule has 6 heteroatoms. The van der Waals surface area contributed by atoms with Crippen LogP contribution in [0.1, 0.15) is 37.0 Å². The van der Waals surface area contributed by atoms with Crippen molar-refractivity contribution < 1.29 is 4.74 Å². The Morgan fingerprint density at radius 2 is 2.00 bits per heavy atom. The van der Waals surface area contributed by atoms with E-state index >= 15 is 0 Å². The van der Waals surface area contributed by atoms with Crippen molar-refractivity contribution in [1.82, 2.24) is 4.90 Å². The van der Waals surface area contributed by atoms with E-state index in [-0.39, 0.29) is 29.4 Å². The normalized spacial score (nSPS) is 22.2. The minimum Gasteiger partial charge on any atom is -0.378 e. The van der Waals surface area contributed by atoms with E-state index in [9.17, 15) is 0 Å². The summed E-state index contributed by atoms with van der Waals surface area (Å²) in [6.07, 6.45) is 6.46. The molecule has 0 aromatic carbocycles. The lowest BCUT2D eigenvalue weighted by Gasteiger charge is -2.36. The minimum atomic E-state index is 0. The zero-order valence-corrected chi connectivity index (χ0v) is 16.1. The lowest BCUT2D eigenvalue weighted by molar-refractivity contribution is 0.0673. The number of hydrogen-bond donors (Lipinski definition) is 1. The molecule has 0 bridgehead atoms. The van der Waals surface area contributed by atoms with E-state index in [1.165, 1.54) is 37.0 Å². The largest absolute Gasteiger partial charge is 0.378 e. The summed E-state index contributed by atoms with van der Waals surface area (Å²) in [5.41, 5.74) is 6.43. The molecule has 0 amide bonds. The second kappa shape index (κ2) is 8.49. The van der Waals surface area contributed by atoms with Crippen molar-refractivity contribution in [3.05, 3.63) is 22.4 Å². The molecule has 2 fully saturated rings. The van der Waals surface area contributed by atoms with Gasteiger partial charge in [-0.3, -0.25) is 4.99 Å². The third-order valence-corrected chi connectivity index (χ3v) is 5.85. The smallest absolute Gasteiger partial charge is 0.191 e. The molecule has 1 aliphatic carbocycles. The predicted octanol–water partition coefficient (Wildman–Crippen LogP) is 3.21. The van der Waals surface area contributed by atoms with E-state index < -0.39 is 0 Å². The van der Waals surface area contributed by atoms with Gasteiger partial charge in [0.2, 0.25) is 0 Å². The number of thiophene rings is 1. The van der Waals surface area contributed by atoms with Crippen LogP contribution in [0.2, 0.25) is 0 Å². The van der Waals surface area contributed by atoms with Crippen LogP contribution in [0, 0.1) is 0 Å². The summed E-state index contributed by atoms with van der Waals surface area (Å²) in [5.74, 6) is 0.694. The van der Waals surface area contributed by atoms with Gasteiger partial charge < -0.3 is 15.4 Å². The van der Waals surface area contributed by atoms with Crippen LogP contribution >= 0.6 is 35.3 Å². The van der Waals surface area contributed by atoms with Crippen molar-refractivity contribution in [2.75, 3.05) is 32.8 Å². The fourth-order valence-corrected chi connectivity index (χ4v) is 4.40. The summed E-state index contributed by atoms with van der Waals surface area (Å²) >= 11 is 1.87. The van der Waals surface area contributed by atoms with Crippen LogP contribution in [0.4, 0.5) is 0 Å². The van der Waals surface area contributed by atoms with E-state index in [2.05, 4.69) is 22.4 Å². The highest BCUT2D eigenvalue weighted by atomic mass is 127. The van der Waals surface area contributed by atoms with Crippen LogP contribution in [-0.2, 0) is 10.2 Å². The molecule has 2 N–H and O–H groups in total. The highest BCUT2D eigenvalue weighted by Gasteiger charge is 2.34. The molecule has 1 saturated heterocycles. The molecular weight excluding hydrogens is 409 g/mol. The molecule has 0 spiro atoms. The Kier molecular flexibility index (Phi) is 6.95. The summed E-state index contributed by atoms with van der Waals surface area (Å²) in [5, 5.41) is 2.18. The SMILES string of the molecule is I.NC(=NCC1(c2cccs2)CCCCC1)N1CCOCC1. The number of aliphatic imine (C=N–C) groups is 1. The fourth-order valence-electron chi connectivity index (χ4n) is 3.42. The van der Waals surface area contributed by atoms with Crippen molar-refractivity contribution in [3.63, 3.8) is 0 Å². The molecule has 0 unspecified atom stereocenters. The first kappa shape index (κ1) is 18.0. The summed E-state index contributed by atoms with van der Waals surface area (Å²) in [7, 11) is 0. The number of nitrogens with zero attached hydrogens (tertiary/aromatic N) is 2. The molecule has 124 valence electrons. The summed E-state index contributed by atoms with van der Waals surface area (Å²) < 4.78 is 5.37. The molecule has 22 heavy (non-hydrogen) atoms. The first-order chi connectivity index (χ1) is 10.3. The molecule has 1 aliphatic heterocycles. The first-order valence-electron chi connectivity index (χ1n) is 7.97. The fraction of sp³-hybridized carbons (Fsp3) is 0.688. The average Bonchev–Trinajstić information content (AvgIpc) is 3.09. The highest BCUT2D eigenvalue weighted by molar-refractivity contribution is 14.0. The Bertz CT molecular complexity index is 466. The second-order valence-electron chi connectivity index (χ2n) is 6.09. The van der Waals surface area contributed by atoms with Crippen LogP contribution in [0.5, 0.6) is 0 Å². The lowest BCUT2D eigenvalue weighted by Crippen LogP contribution is -2.45. The van der Waals surface area contributed by atoms with Crippen LogP contribution in [0.25, 0.3) is 0 Å². The average molecular weight is 435 g/mol. The number of nitrogens with two attached hydrogens (primary N) is 1. The van der Waals surface area contributed by atoms with E-state index in [0.717, 1.165) is 32.8 Å². The van der Waals surface area contributed by atoms with Gasteiger partial charge in [0.05, 0.1) is 19.8 Å². The summed E-state index contributed by atoms with van der Waals surface area (Å²) in [6, 6.07) is 4.43. The van der Waals surface area contributed by atoms with Crippen molar-refractivity contribution in [2.24, 2.45) is 10.7 Å². The number of morpholine rings is 1. The Balaban J connectivity index is 0.00000176. The summed E-state index contributed by atoms with van der Waals surface area (Å²) in [4.78, 5) is 8.41. The predicted molar refractivity (Wildman–Crippen MR) is 103 cm³/mol. The van der Waals surface area contributed by atoms with E-state index in [4.69, 9.17) is 15.5 Å². The van der Waals surface area contributed by atoms with Crippen LogP contribution in [-0.4, -0.2) is 43.7 Å². The molecular formula is C16H26IN3OS. The monoisotopic (exact) mass is 435 g/mol. The molecule has 4 nitrogen and oxygen atoms in total. The number of guanidine groups is 1. The van der Waals surface area contributed by atoms with Crippen molar-refractivity contribution >= 4 is 41.3 Å². The molecule has 1 saturated carbocycles. The third-order valence-electron chi connectivity index (χ3n) is 4.73. The highest BCUT2D eigenvalue weighted by Crippen LogP contribution is 2.41. The van der Waals surface area contributed by atoms with E-state index in [1.54, 1.807) is 0 Å². The second-order valence-corrected chi connectivity index (χ2v) is 7.04. The Labute approximate surface area is 154 Å². The zero-order valence-electron chi connectivity index (χ0n) is 13.0. The Morgan fingerprint density at radius 3 is 2.64 bits per heavy atom. The maximum Gasteiger partial charge on any atom is 0.191 e. The van der Waals surface area contributed by atoms with Crippen molar-refractivity contribution in [1.29, 1.82) is 0 Å². The van der Waals surface area contributed by atoms with Gasteiger partial charge >= 0.3 is 0 Å². The molecule has 2 aliphatic rings. The lowest BCUT2D eigenvalue weighted by atomic mass is 9.73. The topological polar surface area (TPSA) is 50.8 Å². The Hall–Kier alpha value is -0.340. The minimum absolute atomic E-state index is 0. The van der Waals surface area contributed by atoms with Crippen LogP contribution in [0.3, 0.4) is 0 Å². The van der Waals surface area contributed by atoms with E-state index in [0.29, 0.717) is 5.96 Å². The molecule has 1 aromatic heterocycles. The molecule has 0 radical (unpaired) electrons. The Morgan fingerprint density at radius 1 is 1.27 bits per heavy atom. The number of ether oxygens (including phenoxy) is 1. The zero-order chi connectivity index (χ0) is 14.5. The van der Waals surface area contributed by atoms with Gasteiger partial charge in [0, 0.05) is 23.4 Å². The molecule has 0 atom stereocenters. The quantitative estimate of drug-likeness (QED) is 0.451. The third kappa shape index (κ3) is 4.14. The number of rotatable bonds is 3. The van der Waals surface area contributed by atoms with Gasteiger partial charge in [-0.25, -0.2) is 0 Å². The van der Waals surface area contributed by atoms with Gasteiger partial charge in [-0.2, -0.15) is 0 Å². The van der Waals surface area contributed by atoms with Crippen molar-refractivity contribution in [3.8, 4) is 0 Å². The molecule has 1 aromatic rings. The van der Waals surface area contributed by atoms with Gasteiger partial charge in [0.1, 0.15) is 0 Å². The molecule has 3 rings (SSSR count). The maximum atomic E-state index is 6.20. The van der Waals surface area contributed by atoms with Crippen LogP contribution in [0.15, 0.2) is 22.5 Å². The number of hydrogen-bond acceptors (Lipinski definition) is 3. The first-order valence-corrected chi connectivity index (χ1v) is 8.85. The van der Waals surface area contributed by atoms with Gasteiger partial charge in [-0.15, -0.1) is 35.3 Å². The standard InChI is InChI=1S/C16H25N3OS.HI/c17-15(19-8-10-20-11-9-19)18-13-16(6-2-1-3-7-16)14-5-4-12-21-14;/h4-5,12H,1-3,6-11,13H2,(H2,17,18);1H. The van der Waals surface area contributed by atoms with E-state index in [1.807, 2.05) is 11.3 Å². The number of halogens is 1. The molecule has 2 heterocycles.